The van der Waals surface area contributed by atoms with E-state index in [1.165, 1.54) is 5.56 Å². The van der Waals surface area contributed by atoms with Gasteiger partial charge >= 0.3 is 0 Å². The zero-order valence-electron chi connectivity index (χ0n) is 14.2. The van der Waals surface area contributed by atoms with Crippen LogP contribution >= 0.6 is 0 Å². The van der Waals surface area contributed by atoms with E-state index in [2.05, 4.69) is 10.3 Å². The van der Waals surface area contributed by atoms with Gasteiger partial charge in [0.15, 0.2) is 0 Å². The Morgan fingerprint density at radius 1 is 1.26 bits per heavy atom. The number of nitrogens with zero attached hydrogens (tertiary/aromatic N) is 1. The number of hydrogen-bond acceptors (Lipinski definition) is 4. The zero-order chi connectivity index (χ0) is 16.8. The number of ether oxygens (including phenoxy) is 1. The van der Waals surface area contributed by atoms with Gasteiger partial charge in [0.25, 0.3) is 0 Å². The fourth-order valence-corrected chi connectivity index (χ4v) is 2.11. The molecule has 5 nitrogen and oxygen atoms in total. The predicted octanol–water partition coefficient (Wildman–Crippen LogP) is 3.04. The van der Waals surface area contributed by atoms with Crippen LogP contribution in [0.1, 0.15) is 30.9 Å². The molecular formula is C18H24N2O3. The minimum atomic E-state index is -0.0794. The smallest absolute Gasteiger partial charge is 0.226 e. The number of amides is 1. The van der Waals surface area contributed by atoms with Gasteiger partial charge in [0.2, 0.25) is 11.8 Å². The molecule has 0 aliphatic rings. The van der Waals surface area contributed by atoms with Crippen molar-refractivity contribution in [2.75, 3.05) is 13.2 Å². The van der Waals surface area contributed by atoms with Crippen molar-refractivity contribution in [3.05, 3.63) is 41.3 Å². The first-order valence-corrected chi connectivity index (χ1v) is 7.87. The lowest BCUT2D eigenvalue weighted by Crippen LogP contribution is -2.29. The van der Waals surface area contributed by atoms with Gasteiger partial charge in [-0.1, -0.05) is 17.7 Å². The molecule has 2 rings (SSSR count). The minimum absolute atomic E-state index is 0.0794. The number of carbonyl (C=O) groups excluding carboxylic acids is 1. The predicted molar refractivity (Wildman–Crippen MR) is 89.2 cm³/mol. The molecule has 23 heavy (non-hydrogen) atoms. The summed E-state index contributed by atoms with van der Waals surface area (Å²) in [4.78, 5) is 16.4. The van der Waals surface area contributed by atoms with E-state index in [0.29, 0.717) is 30.5 Å². The molecule has 0 fully saturated rings. The van der Waals surface area contributed by atoms with E-state index in [1.54, 1.807) is 0 Å². The van der Waals surface area contributed by atoms with Crippen LogP contribution in [0.2, 0.25) is 0 Å². The SMILES string of the molecule is Cc1ccc(-c2nc(CC(=O)NCCOC(C)C)c(C)o2)cc1. The van der Waals surface area contributed by atoms with Crippen LogP contribution in [0.5, 0.6) is 0 Å². The number of nitrogens with one attached hydrogen (secondary N) is 1. The first-order chi connectivity index (χ1) is 11.0. The number of oxazole rings is 1. The summed E-state index contributed by atoms with van der Waals surface area (Å²) in [7, 11) is 0. The Morgan fingerprint density at radius 2 is 1.96 bits per heavy atom. The number of rotatable bonds is 7. The van der Waals surface area contributed by atoms with Crippen LogP contribution in [-0.4, -0.2) is 30.1 Å². The second-order valence-corrected chi connectivity index (χ2v) is 5.83. The van der Waals surface area contributed by atoms with Crippen molar-refractivity contribution in [1.29, 1.82) is 0 Å². The number of carbonyl (C=O) groups is 1. The summed E-state index contributed by atoms with van der Waals surface area (Å²) in [5, 5.41) is 2.82. The molecule has 1 aromatic heterocycles. The summed E-state index contributed by atoms with van der Waals surface area (Å²) in [6.07, 6.45) is 0.379. The average molecular weight is 316 g/mol. The molecule has 2 aromatic rings. The summed E-state index contributed by atoms with van der Waals surface area (Å²) in [5.74, 6) is 1.15. The normalized spacial score (nSPS) is 11.0. The molecule has 5 heteroatoms. The summed E-state index contributed by atoms with van der Waals surface area (Å²) in [6.45, 7) is 8.80. The third-order valence-electron chi connectivity index (χ3n) is 3.39. The molecule has 0 saturated heterocycles. The van der Waals surface area contributed by atoms with Gasteiger partial charge in [-0.15, -0.1) is 0 Å². The molecule has 1 N–H and O–H groups in total. The van der Waals surface area contributed by atoms with Crippen LogP contribution in [-0.2, 0) is 16.0 Å². The molecule has 1 heterocycles. The Kier molecular flexibility index (Phi) is 5.93. The van der Waals surface area contributed by atoms with Crippen molar-refractivity contribution in [3.8, 4) is 11.5 Å². The zero-order valence-corrected chi connectivity index (χ0v) is 14.2. The topological polar surface area (TPSA) is 64.4 Å². The monoisotopic (exact) mass is 316 g/mol. The lowest BCUT2D eigenvalue weighted by molar-refractivity contribution is -0.120. The van der Waals surface area contributed by atoms with E-state index in [1.807, 2.05) is 52.0 Å². The van der Waals surface area contributed by atoms with Crippen molar-refractivity contribution in [3.63, 3.8) is 0 Å². The van der Waals surface area contributed by atoms with Crippen molar-refractivity contribution >= 4 is 5.91 Å². The standard InChI is InChI=1S/C18H24N2O3/c1-12(2)22-10-9-19-17(21)11-16-14(4)23-18(20-16)15-7-5-13(3)6-8-15/h5-8,12H,9-11H2,1-4H3,(H,19,21). The number of benzene rings is 1. The van der Waals surface area contributed by atoms with Gasteiger partial charge in [-0.25, -0.2) is 4.98 Å². The number of hydrogen-bond donors (Lipinski definition) is 1. The van der Waals surface area contributed by atoms with E-state index in [0.717, 1.165) is 5.56 Å². The highest BCUT2D eigenvalue weighted by atomic mass is 16.5. The van der Waals surface area contributed by atoms with Crippen molar-refractivity contribution in [2.45, 2.75) is 40.2 Å². The van der Waals surface area contributed by atoms with Gasteiger partial charge in [-0.3, -0.25) is 4.79 Å². The summed E-state index contributed by atoms with van der Waals surface area (Å²) < 4.78 is 11.1. The fraction of sp³-hybridized carbons (Fsp3) is 0.444. The second kappa shape index (κ2) is 7.92. The first kappa shape index (κ1) is 17.2. The molecule has 0 aliphatic heterocycles. The van der Waals surface area contributed by atoms with Gasteiger partial charge in [-0.05, 0) is 39.8 Å². The maximum absolute atomic E-state index is 12.0. The van der Waals surface area contributed by atoms with Crippen LogP contribution < -0.4 is 5.32 Å². The van der Waals surface area contributed by atoms with E-state index in [9.17, 15) is 4.79 Å². The Balaban J connectivity index is 1.93. The lowest BCUT2D eigenvalue weighted by atomic mass is 10.1. The average Bonchev–Trinajstić information content (AvgIpc) is 2.85. The van der Waals surface area contributed by atoms with Gasteiger partial charge in [0.1, 0.15) is 5.76 Å². The van der Waals surface area contributed by atoms with Crippen LogP contribution in [0, 0.1) is 13.8 Å². The summed E-state index contributed by atoms with van der Waals surface area (Å²) in [5.41, 5.74) is 2.76. The third-order valence-corrected chi connectivity index (χ3v) is 3.39. The quantitative estimate of drug-likeness (QED) is 0.797. The Bertz CT molecular complexity index is 645. The Hall–Kier alpha value is -2.14. The highest BCUT2D eigenvalue weighted by molar-refractivity contribution is 5.78. The van der Waals surface area contributed by atoms with Gasteiger partial charge in [-0.2, -0.15) is 0 Å². The van der Waals surface area contributed by atoms with Crippen LogP contribution in [0.15, 0.2) is 28.7 Å². The van der Waals surface area contributed by atoms with Crippen LogP contribution in [0.3, 0.4) is 0 Å². The minimum Gasteiger partial charge on any atom is -0.441 e. The molecule has 0 atom stereocenters. The van der Waals surface area contributed by atoms with Crippen molar-refractivity contribution in [1.82, 2.24) is 10.3 Å². The van der Waals surface area contributed by atoms with Gasteiger partial charge in [0.05, 0.1) is 24.8 Å². The Morgan fingerprint density at radius 3 is 2.61 bits per heavy atom. The molecular weight excluding hydrogens is 292 g/mol. The van der Waals surface area contributed by atoms with Crippen LogP contribution in [0.25, 0.3) is 11.5 Å². The molecule has 124 valence electrons. The maximum atomic E-state index is 12.0. The van der Waals surface area contributed by atoms with Crippen molar-refractivity contribution < 1.29 is 13.9 Å². The number of aromatic nitrogens is 1. The molecule has 0 saturated carbocycles. The first-order valence-electron chi connectivity index (χ1n) is 7.87. The largest absolute Gasteiger partial charge is 0.441 e. The molecule has 1 aromatic carbocycles. The van der Waals surface area contributed by atoms with Gasteiger partial charge in [0, 0.05) is 12.1 Å². The Labute approximate surface area is 137 Å². The van der Waals surface area contributed by atoms with Crippen molar-refractivity contribution in [2.24, 2.45) is 0 Å². The third kappa shape index (κ3) is 5.21. The molecule has 0 radical (unpaired) electrons. The number of aryl methyl sites for hydroxylation is 2. The van der Waals surface area contributed by atoms with E-state index in [-0.39, 0.29) is 18.4 Å². The summed E-state index contributed by atoms with van der Waals surface area (Å²) in [6, 6.07) is 7.95. The second-order valence-electron chi connectivity index (χ2n) is 5.83. The highest BCUT2D eigenvalue weighted by Gasteiger charge is 2.14. The molecule has 0 bridgehead atoms. The van der Waals surface area contributed by atoms with E-state index < -0.39 is 0 Å². The maximum Gasteiger partial charge on any atom is 0.226 e. The fourth-order valence-electron chi connectivity index (χ4n) is 2.11. The summed E-state index contributed by atoms with van der Waals surface area (Å²) >= 11 is 0. The molecule has 0 unspecified atom stereocenters. The lowest BCUT2D eigenvalue weighted by Gasteiger charge is -2.08. The molecule has 1 amide bonds. The van der Waals surface area contributed by atoms with Crippen LogP contribution in [0.4, 0.5) is 0 Å². The molecule has 0 spiro atoms. The van der Waals surface area contributed by atoms with Gasteiger partial charge < -0.3 is 14.5 Å². The van der Waals surface area contributed by atoms with E-state index in [4.69, 9.17) is 9.15 Å². The highest BCUT2D eigenvalue weighted by Crippen LogP contribution is 2.22. The van der Waals surface area contributed by atoms with E-state index >= 15 is 0 Å². The molecule has 0 aliphatic carbocycles.